The van der Waals surface area contributed by atoms with Gasteiger partial charge in [0, 0.05) is 36.0 Å². The third-order valence-corrected chi connectivity index (χ3v) is 5.46. The minimum absolute atomic E-state index is 0.0666. The number of amides is 2. The van der Waals surface area contributed by atoms with Crippen molar-refractivity contribution in [1.82, 2.24) is 4.90 Å². The lowest BCUT2D eigenvalue weighted by Gasteiger charge is -2.32. The van der Waals surface area contributed by atoms with Gasteiger partial charge in [0.2, 0.25) is 5.91 Å². The van der Waals surface area contributed by atoms with Gasteiger partial charge in [-0.1, -0.05) is 23.7 Å². The van der Waals surface area contributed by atoms with Gasteiger partial charge in [-0.15, -0.1) is 0 Å². The van der Waals surface area contributed by atoms with Crippen LogP contribution in [0.2, 0.25) is 5.02 Å². The maximum absolute atomic E-state index is 12.8. The Morgan fingerprint density at radius 3 is 2.68 bits per heavy atom. The number of rotatable bonds is 9. The van der Waals surface area contributed by atoms with Crippen LogP contribution in [0.15, 0.2) is 48.5 Å². The second-order valence-electron chi connectivity index (χ2n) is 7.54. The summed E-state index contributed by atoms with van der Waals surface area (Å²) in [6.07, 6.45) is 1.56. The molecule has 1 heterocycles. The molecule has 2 aromatic carbocycles. The Labute approximate surface area is 188 Å². The number of piperidine rings is 1. The first-order valence-electron chi connectivity index (χ1n) is 10.7. The van der Waals surface area contributed by atoms with E-state index in [1.165, 1.54) is 0 Å². The monoisotopic (exact) mass is 444 g/mol. The van der Waals surface area contributed by atoms with Crippen molar-refractivity contribution in [2.75, 3.05) is 38.2 Å². The molecule has 1 unspecified atom stereocenters. The highest BCUT2D eigenvalue weighted by Gasteiger charge is 2.29. The molecule has 0 spiro atoms. The van der Waals surface area contributed by atoms with E-state index < -0.39 is 0 Å². The van der Waals surface area contributed by atoms with E-state index >= 15 is 0 Å². The molecule has 6 nitrogen and oxygen atoms in total. The summed E-state index contributed by atoms with van der Waals surface area (Å²) in [6, 6.07) is 14.5. The molecule has 166 valence electrons. The number of halogens is 1. The molecule has 3 rings (SSSR count). The Balaban J connectivity index is 1.53. The number of nitrogens with zero attached hydrogens (tertiary/aromatic N) is 1. The Kier molecular flexibility index (Phi) is 8.88. The molecule has 1 aliphatic rings. The van der Waals surface area contributed by atoms with Crippen molar-refractivity contribution in [2.24, 2.45) is 5.92 Å². The van der Waals surface area contributed by atoms with E-state index in [0.717, 1.165) is 24.1 Å². The zero-order valence-corrected chi connectivity index (χ0v) is 18.6. The lowest BCUT2D eigenvalue weighted by atomic mass is 9.96. The quantitative estimate of drug-likeness (QED) is 0.582. The van der Waals surface area contributed by atoms with Crippen molar-refractivity contribution in [3.63, 3.8) is 0 Å². The molecule has 1 aliphatic heterocycles. The van der Waals surface area contributed by atoms with Gasteiger partial charge in [0.25, 0.3) is 5.91 Å². The minimum atomic E-state index is -0.240. The first-order chi connectivity index (χ1) is 15.1. The van der Waals surface area contributed by atoms with Gasteiger partial charge in [0.1, 0.15) is 0 Å². The molecular weight excluding hydrogens is 416 g/mol. The molecule has 1 fully saturated rings. The molecule has 7 heteroatoms. The predicted molar refractivity (Wildman–Crippen MR) is 121 cm³/mol. The maximum Gasteiger partial charge on any atom is 0.253 e. The van der Waals surface area contributed by atoms with Gasteiger partial charge < -0.3 is 19.7 Å². The van der Waals surface area contributed by atoms with Crippen LogP contribution in [0.5, 0.6) is 0 Å². The summed E-state index contributed by atoms with van der Waals surface area (Å²) in [5.41, 5.74) is 2.30. The number of likely N-dealkylation sites (tertiary alicyclic amines) is 1. The van der Waals surface area contributed by atoms with E-state index in [0.29, 0.717) is 50.1 Å². The number of carbonyl (C=O) groups excluding carboxylic acids is 2. The van der Waals surface area contributed by atoms with Crippen LogP contribution >= 0.6 is 11.6 Å². The third-order valence-electron chi connectivity index (χ3n) is 5.21. The van der Waals surface area contributed by atoms with Gasteiger partial charge in [0.05, 0.1) is 25.7 Å². The first-order valence-corrected chi connectivity index (χ1v) is 11.0. The van der Waals surface area contributed by atoms with Gasteiger partial charge in [-0.25, -0.2) is 0 Å². The molecule has 1 atom stereocenters. The first kappa shape index (κ1) is 23.3. The number of benzene rings is 2. The van der Waals surface area contributed by atoms with Crippen molar-refractivity contribution >= 4 is 29.1 Å². The van der Waals surface area contributed by atoms with Crippen LogP contribution in [0.1, 0.15) is 35.7 Å². The van der Waals surface area contributed by atoms with E-state index in [1.807, 2.05) is 31.2 Å². The molecule has 1 saturated heterocycles. The van der Waals surface area contributed by atoms with Gasteiger partial charge in [-0.2, -0.15) is 0 Å². The van der Waals surface area contributed by atoms with Gasteiger partial charge in [0.15, 0.2) is 0 Å². The summed E-state index contributed by atoms with van der Waals surface area (Å²) in [4.78, 5) is 27.4. The summed E-state index contributed by atoms with van der Waals surface area (Å²) >= 11 is 5.91. The summed E-state index contributed by atoms with van der Waals surface area (Å²) < 4.78 is 10.9. The number of hydrogen-bond acceptors (Lipinski definition) is 4. The highest BCUT2D eigenvalue weighted by Crippen LogP contribution is 2.22. The second-order valence-corrected chi connectivity index (χ2v) is 7.97. The van der Waals surface area contributed by atoms with Crippen molar-refractivity contribution in [3.8, 4) is 0 Å². The number of nitrogens with one attached hydrogen (secondary N) is 1. The minimum Gasteiger partial charge on any atom is -0.379 e. The molecule has 0 aliphatic carbocycles. The van der Waals surface area contributed by atoms with Crippen LogP contribution in [-0.4, -0.2) is 49.6 Å². The van der Waals surface area contributed by atoms with Crippen molar-refractivity contribution < 1.29 is 19.1 Å². The molecule has 0 radical (unpaired) electrons. The zero-order chi connectivity index (χ0) is 22.1. The van der Waals surface area contributed by atoms with E-state index in [4.69, 9.17) is 21.1 Å². The Bertz CT molecular complexity index is 872. The fourth-order valence-electron chi connectivity index (χ4n) is 3.59. The van der Waals surface area contributed by atoms with Crippen LogP contribution in [0.25, 0.3) is 0 Å². The van der Waals surface area contributed by atoms with Crippen molar-refractivity contribution in [1.29, 1.82) is 0 Å². The molecule has 2 amide bonds. The summed E-state index contributed by atoms with van der Waals surface area (Å²) in [5.74, 6) is -0.375. The fourth-order valence-corrected chi connectivity index (χ4v) is 3.71. The molecule has 0 bridgehead atoms. The average Bonchev–Trinajstić information content (AvgIpc) is 2.79. The third kappa shape index (κ3) is 7.06. The molecule has 31 heavy (non-hydrogen) atoms. The van der Waals surface area contributed by atoms with Crippen LogP contribution in [0.3, 0.4) is 0 Å². The highest BCUT2D eigenvalue weighted by atomic mass is 35.5. The smallest absolute Gasteiger partial charge is 0.253 e. The average molecular weight is 445 g/mol. The summed E-state index contributed by atoms with van der Waals surface area (Å²) in [7, 11) is 0. The predicted octanol–water partition coefficient (Wildman–Crippen LogP) is 4.38. The topological polar surface area (TPSA) is 67.9 Å². The normalized spacial score (nSPS) is 16.2. The van der Waals surface area contributed by atoms with Crippen LogP contribution in [0.4, 0.5) is 5.69 Å². The number of hydrogen-bond donors (Lipinski definition) is 1. The van der Waals surface area contributed by atoms with Crippen molar-refractivity contribution in [2.45, 2.75) is 26.4 Å². The number of anilines is 1. The van der Waals surface area contributed by atoms with E-state index in [2.05, 4.69) is 5.32 Å². The van der Waals surface area contributed by atoms with E-state index in [1.54, 1.807) is 29.2 Å². The summed E-state index contributed by atoms with van der Waals surface area (Å²) in [5, 5.41) is 3.59. The Morgan fingerprint density at radius 1 is 1.13 bits per heavy atom. The van der Waals surface area contributed by atoms with Gasteiger partial charge in [-0.3, -0.25) is 9.59 Å². The number of ether oxygens (including phenoxy) is 2. The summed E-state index contributed by atoms with van der Waals surface area (Å²) in [6.45, 7) is 5.25. The standard InChI is InChI=1S/C24H29ClN2O4/c1-2-30-13-14-31-17-18-5-3-7-22(15-18)26-23(28)20-6-4-12-27(16-20)24(29)19-8-10-21(25)11-9-19/h3,5,7-11,15,20H,2,4,6,12-14,16-17H2,1H3,(H,26,28). The van der Waals surface area contributed by atoms with Crippen LogP contribution < -0.4 is 5.32 Å². The Hall–Kier alpha value is -2.41. The number of carbonyl (C=O) groups is 2. The second kappa shape index (κ2) is 11.8. The Morgan fingerprint density at radius 2 is 1.90 bits per heavy atom. The SMILES string of the molecule is CCOCCOCc1cccc(NC(=O)C2CCCN(C(=O)c3ccc(Cl)cc3)C2)c1. The molecule has 2 aromatic rings. The lowest BCUT2D eigenvalue weighted by Crippen LogP contribution is -2.43. The fraction of sp³-hybridized carbons (Fsp3) is 0.417. The van der Waals surface area contributed by atoms with E-state index in [-0.39, 0.29) is 17.7 Å². The van der Waals surface area contributed by atoms with Gasteiger partial charge >= 0.3 is 0 Å². The molecule has 0 saturated carbocycles. The lowest BCUT2D eigenvalue weighted by molar-refractivity contribution is -0.121. The molecular formula is C24H29ClN2O4. The van der Waals surface area contributed by atoms with Gasteiger partial charge in [-0.05, 0) is 61.7 Å². The van der Waals surface area contributed by atoms with E-state index in [9.17, 15) is 9.59 Å². The molecule has 0 aromatic heterocycles. The maximum atomic E-state index is 12.8. The molecule has 1 N–H and O–H groups in total. The van der Waals surface area contributed by atoms with Crippen LogP contribution in [0, 0.1) is 5.92 Å². The van der Waals surface area contributed by atoms with Crippen LogP contribution in [-0.2, 0) is 20.9 Å². The van der Waals surface area contributed by atoms with Crippen molar-refractivity contribution in [3.05, 3.63) is 64.7 Å². The highest BCUT2D eigenvalue weighted by molar-refractivity contribution is 6.30. The largest absolute Gasteiger partial charge is 0.379 e. The zero-order valence-electron chi connectivity index (χ0n) is 17.8.